The van der Waals surface area contributed by atoms with Gasteiger partial charge in [0.05, 0.1) is 4.47 Å². The second-order valence-electron chi connectivity index (χ2n) is 4.33. The molecular weight excluding hydrogens is 297 g/mol. The van der Waals surface area contributed by atoms with Crippen molar-refractivity contribution < 1.29 is 9.18 Å². The van der Waals surface area contributed by atoms with Gasteiger partial charge in [0, 0.05) is 22.6 Å². The van der Waals surface area contributed by atoms with Gasteiger partial charge in [0.15, 0.2) is 6.29 Å². The second kappa shape index (κ2) is 4.69. The predicted octanol–water partition coefficient (Wildman–Crippen LogP) is 4.12. The molecule has 1 aromatic heterocycles. The molecule has 0 aliphatic heterocycles. The number of hydrogen-bond donors (Lipinski definition) is 0. The lowest BCUT2D eigenvalue weighted by atomic mass is 10.2. The summed E-state index contributed by atoms with van der Waals surface area (Å²) in [6.07, 6.45) is 0.840. The van der Waals surface area contributed by atoms with E-state index in [1.54, 1.807) is 6.07 Å². The van der Waals surface area contributed by atoms with Crippen molar-refractivity contribution in [3.05, 3.63) is 51.0 Å². The summed E-state index contributed by atoms with van der Waals surface area (Å²) < 4.78 is 15.8. The Labute approximate surface area is 114 Å². The first-order valence-corrected chi connectivity index (χ1v) is 6.35. The van der Waals surface area contributed by atoms with Crippen molar-refractivity contribution in [3.63, 3.8) is 0 Å². The van der Waals surface area contributed by atoms with E-state index in [1.165, 1.54) is 6.07 Å². The lowest BCUT2D eigenvalue weighted by molar-refractivity contribution is 0.112. The molecule has 0 saturated carbocycles. The summed E-state index contributed by atoms with van der Waals surface area (Å²) in [6.45, 7) is 5.66. The molecule has 1 heterocycles. The van der Waals surface area contributed by atoms with Gasteiger partial charge in [-0.2, -0.15) is 0 Å². The van der Waals surface area contributed by atoms with Crippen LogP contribution in [0.25, 0.3) is 5.69 Å². The zero-order chi connectivity index (χ0) is 13.4. The number of carbonyl (C=O) groups is 1. The van der Waals surface area contributed by atoms with Crippen LogP contribution in [0.1, 0.15) is 27.3 Å². The normalized spacial score (nSPS) is 10.7. The SMILES string of the molecule is Cc1cc(F)c(Br)cc1-n1c(C)cc(C=O)c1C. The van der Waals surface area contributed by atoms with Gasteiger partial charge in [0.2, 0.25) is 0 Å². The lowest BCUT2D eigenvalue weighted by Gasteiger charge is -2.13. The van der Waals surface area contributed by atoms with E-state index in [2.05, 4.69) is 15.9 Å². The van der Waals surface area contributed by atoms with Gasteiger partial charge in [0.25, 0.3) is 0 Å². The Morgan fingerprint density at radius 3 is 2.44 bits per heavy atom. The van der Waals surface area contributed by atoms with Crippen LogP contribution in [0.3, 0.4) is 0 Å². The number of aromatic nitrogens is 1. The van der Waals surface area contributed by atoms with Gasteiger partial charge in [0.1, 0.15) is 5.82 Å². The minimum atomic E-state index is -0.283. The van der Waals surface area contributed by atoms with Crippen LogP contribution in [-0.2, 0) is 0 Å². The molecule has 0 aliphatic carbocycles. The summed E-state index contributed by atoms with van der Waals surface area (Å²) >= 11 is 3.19. The van der Waals surface area contributed by atoms with Crippen molar-refractivity contribution in [1.29, 1.82) is 0 Å². The molecule has 4 heteroatoms. The molecule has 0 amide bonds. The first-order chi connectivity index (χ1) is 8.45. The van der Waals surface area contributed by atoms with Gasteiger partial charge in [-0.15, -0.1) is 0 Å². The Morgan fingerprint density at radius 1 is 1.22 bits per heavy atom. The molecule has 0 bridgehead atoms. The number of aryl methyl sites for hydroxylation is 2. The van der Waals surface area contributed by atoms with Gasteiger partial charge in [-0.3, -0.25) is 4.79 Å². The zero-order valence-corrected chi connectivity index (χ0v) is 12.0. The van der Waals surface area contributed by atoms with E-state index in [4.69, 9.17) is 0 Å². The number of nitrogens with zero attached hydrogens (tertiary/aromatic N) is 1. The molecule has 0 aliphatic rings. The minimum Gasteiger partial charge on any atom is -0.317 e. The topological polar surface area (TPSA) is 22.0 Å². The molecule has 94 valence electrons. The fourth-order valence-corrected chi connectivity index (χ4v) is 2.49. The Bertz CT molecular complexity index is 631. The molecule has 0 unspecified atom stereocenters. The van der Waals surface area contributed by atoms with E-state index in [0.717, 1.165) is 28.9 Å². The number of aldehydes is 1. The molecule has 0 spiro atoms. The van der Waals surface area contributed by atoms with Crippen molar-refractivity contribution in [2.24, 2.45) is 0 Å². The smallest absolute Gasteiger partial charge is 0.151 e. The monoisotopic (exact) mass is 309 g/mol. The largest absolute Gasteiger partial charge is 0.317 e. The Morgan fingerprint density at radius 2 is 1.89 bits per heavy atom. The Hall–Kier alpha value is -1.42. The van der Waals surface area contributed by atoms with Crippen LogP contribution < -0.4 is 0 Å². The predicted molar refractivity (Wildman–Crippen MR) is 73.0 cm³/mol. The molecule has 2 aromatic rings. The van der Waals surface area contributed by atoms with E-state index in [1.807, 2.05) is 31.4 Å². The van der Waals surface area contributed by atoms with Crippen LogP contribution in [0, 0.1) is 26.6 Å². The van der Waals surface area contributed by atoms with Crippen LogP contribution >= 0.6 is 15.9 Å². The van der Waals surface area contributed by atoms with Gasteiger partial charge < -0.3 is 4.57 Å². The summed E-state index contributed by atoms with van der Waals surface area (Å²) in [7, 11) is 0. The maximum absolute atomic E-state index is 13.4. The first-order valence-electron chi connectivity index (χ1n) is 5.56. The van der Waals surface area contributed by atoms with Crippen molar-refractivity contribution in [3.8, 4) is 5.69 Å². The van der Waals surface area contributed by atoms with Crippen LogP contribution in [-0.4, -0.2) is 10.9 Å². The minimum absolute atomic E-state index is 0.283. The number of carbonyl (C=O) groups excluding carboxylic acids is 1. The average molecular weight is 310 g/mol. The molecule has 0 N–H and O–H groups in total. The maximum Gasteiger partial charge on any atom is 0.151 e. The quantitative estimate of drug-likeness (QED) is 0.765. The highest BCUT2D eigenvalue weighted by Crippen LogP contribution is 2.27. The third-order valence-electron chi connectivity index (χ3n) is 3.08. The van der Waals surface area contributed by atoms with E-state index < -0.39 is 0 Å². The molecule has 2 rings (SSSR count). The maximum atomic E-state index is 13.4. The standard InChI is InChI=1S/C14H13BrFNO/c1-8-4-13(16)12(15)6-14(8)17-9(2)5-11(7-18)10(17)3/h4-7H,1-3H3. The first kappa shape index (κ1) is 13.0. The molecular formula is C14H13BrFNO. The number of halogens is 2. The zero-order valence-electron chi connectivity index (χ0n) is 10.4. The van der Waals surface area contributed by atoms with E-state index >= 15 is 0 Å². The highest BCUT2D eigenvalue weighted by Gasteiger charge is 2.13. The van der Waals surface area contributed by atoms with Crippen molar-refractivity contribution in [2.75, 3.05) is 0 Å². The number of rotatable bonds is 2. The third-order valence-corrected chi connectivity index (χ3v) is 3.68. The number of hydrogen-bond acceptors (Lipinski definition) is 1. The fraction of sp³-hybridized carbons (Fsp3) is 0.214. The van der Waals surface area contributed by atoms with Crippen LogP contribution in [0.15, 0.2) is 22.7 Å². The molecule has 1 aromatic carbocycles. The van der Waals surface area contributed by atoms with E-state index in [-0.39, 0.29) is 5.82 Å². The Kier molecular flexibility index (Phi) is 3.39. The lowest BCUT2D eigenvalue weighted by Crippen LogP contribution is -2.02. The van der Waals surface area contributed by atoms with Crippen LogP contribution in [0.4, 0.5) is 4.39 Å². The molecule has 0 atom stereocenters. The van der Waals surface area contributed by atoms with Gasteiger partial charge >= 0.3 is 0 Å². The molecule has 18 heavy (non-hydrogen) atoms. The van der Waals surface area contributed by atoms with Crippen molar-refractivity contribution in [1.82, 2.24) is 4.57 Å². The van der Waals surface area contributed by atoms with E-state index in [9.17, 15) is 9.18 Å². The summed E-state index contributed by atoms with van der Waals surface area (Å²) in [5.41, 5.74) is 4.19. The summed E-state index contributed by atoms with van der Waals surface area (Å²) in [4.78, 5) is 10.9. The number of benzene rings is 1. The highest BCUT2D eigenvalue weighted by molar-refractivity contribution is 9.10. The summed E-state index contributed by atoms with van der Waals surface area (Å²) in [6, 6.07) is 5.05. The Balaban J connectivity index is 2.73. The fourth-order valence-electron chi connectivity index (χ4n) is 2.15. The van der Waals surface area contributed by atoms with Crippen LogP contribution in [0.5, 0.6) is 0 Å². The highest BCUT2D eigenvalue weighted by atomic mass is 79.9. The van der Waals surface area contributed by atoms with Gasteiger partial charge in [-0.05, 0) is 60.5 Å². The van der Waals surface area contributed by atoms with Crippen molar-refractivity contribution in [2.45, 2.75) is 20.8 Å². The molecule has 0 radical (unpaired) electrons. The van der Waals surface area contributed by atoms with E-state index in [0.29, 0.717) is 10.0 Å². The van der Waals surface area contributed by atoms with Crippen molar-refractivity contribution >= 4 is 22.2 Å². The summed E-state index contributed by atoms with van der Waals surface area (Å²) in [5.74, 6) is -0.283. The van der Waals surface area contributed by atoms with Gasteiger partial charge in [-0.1, -0.05) is 0 Å². The van der Waals surface area contributed by atoms with Crippen LogP contribution in [0.2, 0.25) is 0 Å². The average Bonchev–Trinajstić information content (AvgIpc) is 2.59. The summed E-state index contributed by atoms with van der Waals surface area (Å²) in [5, 5.41) is 0. The van der Waals surface area contributed by atoms with Gasteiger partial charge in [-0.25, -0.2) is 4.39 Å². The third kappa shape index (κ3) is 2.01. The molecule has 2 nitrogen and oxygen atoms in total. The second-order valence-corrected chi connectivity index (χ2v) is 5.19. The molecule has 0 fully saturated rings. The molecule has 0 saturated heterocycles.